The Morgan fingerprint density at radius 1 is 1.05 bits per heavy atom. The first-order valence-electron chi connectivity index (χ1n) is 7.86. The van der Waals surface area contributed by atoms with Crippen molar-refractivity contribution in [2.75, 3.05) is 26.8 Å². The van der Waals surface area contributed by atoms with Gasteiger partial charge in [0.15, 0.2) is 11.5 Å². The van der Waals surface area contributed by atoms with Crippen molar-refractivity contribution < 1.29 is 9.47 Å². The van der Waals surface area contributed by atoms with E-state index >= 15 is 0 Å². The van der Waals surface area contributed by atoms with Crippen LogP contribution < -0.4 is 14.8 Å². The maximum Gasteiger partial charge on any atom is 0.161 e. The molecule has 0 heterocycles. The number of hydrogen-bond donors (Lipinski definition) is 1. The second-order valence-corrected chi connectivity index (χ2v) is 5.54. The Hall–Kier alpha value is -1.22. The molecule has 20 heavy (non-hydrogen) atoms. The normalized spacial score (nSPS) is 16.1. The zero-order valence-electron chi connectivity index (χ0n) is 12.6. The van der Waals surface area contributed by atoms with E-state index in [0.717, 1.165) is 30.5 Å². The lowest BCUT2D eigenvalue weighted by molar-refractivity contribution is 0.286. The molecule has 0 saturated heterocycles. The first-order chi connectivity index (χ1) is 9.90. The fourth-order valence-corrected chi connectivity index (χ4v) is 2.88. The van der Waals surface area contributed by atoms with E-state index in [1.807, 2.05) is 24.3 Å². The van der Waals surface area contributed by atoms with Crippen LogP contribution in [0.5, 0.6) is 11.5 Å². The molecule has 2 rings (SSSR count). The molecule has 0 spiro atoms. The highest BCUT2D eigenvalue weighted by molar-refractivity contribution is 5.39. The fourth-order valence-electron chi connectivity index (χ4n) is 2.88. The number of hydrogen-bond acceptors (Lipinski definition) is 3. The van der Waals surface area contributed by atoms with Gasteiger partial charge in [-0.3, -0.25) is 0 Å². The Balaban J connectivity index is 1.55. The molecule has 0 amide bonds. The Kier molecular flexibility index (Phi) is 6.72. The molecule has 0 atom stereocenters. The summed E-state index contributed by atoms with van der Waals surface area (Å²) in [6, 6.07) is 7.79. The summed E-state index contributed by atoms with van der Waals surface area (Å²) in [5.41, 5.74) is 0. The van der Waals surface area contributed by atoms with E-state index < -0.39 is 0 Å². The van der Waals surface area contributed by atoms with Gasteiger partial charge in [-0.15, -0.1) is 0 Å². The minimum Gasteiger partial charge on any atom is -0.493 e. The van der Waals surface area contributed by atoms with E-state index in [4.69, 9.17) is 9.47 Å². The van der Waals surface area contributed by atoms with Crippen LogP contribution >= 0.6 is 0 Å². The second kappa shape index (κ2) is 8.85. The molecule has 0 aliphatic heterocycles. The highest BCUT2D eigenvalue weighted by Crippen LogP contribution is 2.26. The molecule has 1 saturated carbocycles. The minimum absolute atomic E-state index is 0.686. The summed E-state index contributed by atoms with van der Waals surface area (Å²) in [6.07, 6.45) is 8.48. The van der Waals surface area contributed by atoms with Crippen molar-refractivity contribution in [1.82, 2.24) is 5.32 Å². The highest BCUT2D eigenvalue weighted by Gasteiger charge is 2.12. The first-order valence-corrected chi connectivity index (χ1v) is 7.86. The van der Waals surface area contributed by atoms with Crippen LogP contribution in [0, 0.1) is 5.92 Å². The van der Waals surface area contributed by atoms with Gasteiger partial charge in [0.1, 0.15) is 6.61 Å². The number of methoxy groups -OCH3 is 1. The van der Waals surface area contributed by atoms with E-state index in [2.05, 4.69) is 5.32 Å². The van der Waals surface area contributed by atoms with Crippen molar-refractivity contribution in [1.29, 1.82) is 0 Å². The number of para-hydroxylation sites is 2. The first kappa shape index (κ1) is 15.2. The second-order valence-electron chi connectivity index (χ2n) is 5.54. The van der Waals surface area contributed by atoms with Gasteiger partial charge in [-0.05, 0) is 31.0 Å². The van der Waals surface area contributed by atoms with Gasteiger partial charge in [0.2, 0.25) is 0 Å². The molecule has 1 aliphatic rings. The molecular weight excluding hydrogens is 250 g/mol. The third-order valence-corrected chi connectivity index (χ3v) is 4.06. The fraction of sp³-hybridized carbons (Fsp3) is 0.647. The molecule has 1 fully saturated rings. The SMILES string of the molecule is COc1ccccc1OCCNCCC1CCCCC1. The Morgan fingerprint density at radius 3 is 2.55 bits per heavy atom. The molecule has 0 unspecified atom stereocenters. The third-order valence-electron chi connectivity index (χ3n) is 4.06. The molecule has 1 aromatic rings. The topological polar surface area (TPSA) is 30.5 Å². The Morgan fingerprint density at radius 2 is 1.80 bits per heavy atom. The maximum absolute atomic E-state index is 5.73. The zero-order valence-corrected chi connectivity index (χ0v) is 12.6. The standard InChI is InChI=1S/C17H27NO2/c1-19-16-9-5-6-10-17(16)20-14-13-18-12-11-15-7-3-2-4-8-15/h5-6,9-10,15,18H,2-4,7-8,11-14H2,1H3. The van der Waals surface area contributed by atoms with Crippen LogP contribution in [0.3, 0.4) is 0 Å². The highest BCUT2D eigenvalue weighted by atomic mass is 16.5. The quantitative estimate of drug-likeness (QED) is 0.736. The number of ether oxygens (including phenoxy) is 2. The van der Waals surface area contributed by atoms with E-state index in [-0.39, 0.29) is 0 Å². The molecule has 1 aromatic carbocycles. The van der Waals surface area contributed by atoms with Crippen LogP contribution in [0.2, 0.25) is 0 Å². The van der Waals surface area contributed by atoms with Gasteiger partial charge in [0.25, 0.3) is 0 Å². The zero-order chi connectivity index (χ0) is 14.0. The van der Waals surface area contributed by atoms with Crippen LogP contribution in [0.1, 0.15) is 38.5 Å². The van der Waals surface area contributed by atoms with Crippen molar-refractivity contribution in [3.8, 4) is 11.5 Å². The third kappa shape index (κ3) is 5.04. The Labute approximate surface area is 122 Å². The molecular formula is C17H27NO2. The van der Waals surface area contributed by atoms with Crippen molar-refractivity contribution in [2.45, 2.75) is 38.5 Å². The predicted octanol–water partition coefficient (Wildman–Crippen LogP) is 3.63. The smallest absolute Gasteiger partial charge is 0.161 e. The van der Waals surface area contributed by atoms with Gasteiger partial charge in [-0.1, -0.05) is 44.2 Å². The summed E-state index contributed by atoms with van der Waals surface area (Å²) in [4.78, 5) is 0. The number of rotatable bonds is 8. The van der Waals surface area contributed by atoms with Gasteiger partial charge in [-0.25, -0.2) is 0 Å². The average molecular weight is 277 g/mol. The molecule has 0 aromatic heterocycles. The van der Waals surface area contributed by atoms with E-state index in [1.54, 1.807) is 7.11 Å². The van der Waals surface area contributed by atoms with Crippen molar-refractivity contribution in [2.24, 2.45) is 5.92 Å². The van der Waals surface area contributed by atoms with Crippen molar-refractivity contribution in [3.05, 3.63) is 24.3 Å². The van der Waals surface area contributed by atoms with E-state index in [1.165, 1.54) is 38.5 Å². The lowest BCUT2D eigenvalue weighted by Crippen LogP contribution is -2.24. The monoisotopic (exact) mass is 277 g/mol. The lowest BCUT2D eigenvalue weighted by atomic mass is 9.87. The van der Waals surface area contributed by atoms with E-state index in [0.29, 0.717) is 6.61 Å². The molecule has 0 bridgehead atoms. The summed E-state index contributed by atoms with van der Waals surface area (Å²) in [5.74, 6) is 2.57. The van der Waals surface area contributed by atoms with Crippen LogP contribution in [0.25, 0.3) is 0 Å². The van der Waals surface area contributed by atoms with Crippen LogP contribution in [0.4, 0.5) is 0 Å². The van der Waals surface area contributed by atoms with Crippen LogP contribution in [-0.4, -0.2) is 26.8 Å². The van der Waals surface area contributed by atoms with Crippen molar-refractivity contribution >= 4 is 0 Å². The van der Waals surface area contributed by atoms with E-state index in [9.17, 15) is 0 Å². The Bertz CT molecular complexity index is 375. The van der Waals surface area contributed by atoms with Gasteiger partial charge < -0.3 is 14.8 Å². The lowest BCUT2D eigenvalue weighted by Gasteiger charge is -2.21. The molecule has 0 radical (unpaired) electrons. The summed E-state index contributed by atoms with van der Waals surface area (Å²) in [5, 5.41) is 3.47. The summed E-state index contributed by atoms with van der Waals surface area (Å²) in [6.45, 7) is 2.69. The molecule has 3 heteroatoms. The van der Waals surface area contributed by atoms with Crippen LogP contribution in [0.15, 0.2) is 24.3 Å². The maximum atomic E-state index is 5.73. The van der Waals surface area contributed by atoms with Gasteiger partial charge >= 0.3 is 0 Å². The predicted molar refractivity (Wildman–Crippen MR) is 82.6 cm³/mol. The molecule has 3 nitrogen and oxygen atoms in total. The summed E-state index contributed by atoms with van der Waals surface area (Å²) < 4.78 is 11.0. The van der Waals surface area contributed by atoms with Gasteiger partial charge in [0, 0.05) is 6.54 Å². The minimum atomic E-state index is 0.686. The van der Waals surface area contributed by atoms with Crippen molar-refractivity contribution in [3.63, 3.8) is 0 Å². The molecule has 1 N–H and O–H groups in total. The van der Waals surface area contributed by atoms with Gasteiger partial charge in [0.05, 0.1) is 7.11 Å². The average Bonchev–Trinajstić information content (AvgIpc) is 2.52. The molecule has 112 valence electrons. The largest absolute Gasteiger partial charge is 0.493 e. The number of nitrogens with one attached hydrogen (secondary N) is 1. The summed E-state index contributed by atoms with van der Waals surface area (Å²) >= 11 is 0. The number of benzene rings is 1. The summed E-state index contributed by atoms with van der Waals surface area (Å²) in [7, 11) is 1.67. The van der Waals surface area contributed by atoms with Gasteiger partial charge in [-0.2, -0.15) is 0 Å². The van der Waals surface area contributed by atoms with Crippen LogP contribution in [-0.2, 0) is 0 Å². The molecule has 1 aliphatic carbocycles.